The Morgan fingerprint density at radius 2 is 1.69 bits per heavy atom. The topological polar surface area (TPSA) is 69.7 Å². The van der Waals surface area contributed by atoms with Crippen LogP contribution in [0.4, 0.5) is 11.4 Å². The van der Waals surface area contributed by atoms with E-state index in [0.29, 0.717) is 35.4 Å². The van der Waals surface area contributed by atoms with Crippen molar-refractivity contribution in [2.24, 2.45) is 0 Å². The van der Waals surface area contributed by atoms with Gasteiger partial charge < -0.3 is 9.80 Å². The summed E-state index contributed by atoms with van der Waals surface area (Å²) in [6, 6.07) is 20.5. The molecule has 1 amide bonds. The highest BCUT2D eigenvalue weighted by Gasteiger charge is 2.31. The predicted octanol–water partition coefficient (Wildman–Crippen LogP) is 5.31. The van der Waals surface area contributed by atoms with Gasteiger partial charge in [0.15, 0.2) is 0 Å². The molecule has 0 aliphatic carbocycles. The minimum absolute atomic E-state index is 0.0161. The number of piperazine rings is 1. The van der Waals surface area contributed by atoms with Crippen LogP contribution in [0.15, 0.2) is 66.7 Å². The molecule has 35 heavy (non-hydrogen) atoms. The molecule has 6 nitrogen and oxygen atoms in total. The summed E-state index contributed by atoms with van der Waals surface area (Å²) in [5.74, 6) is 0.0161. The number of nitrogens with one attached hydrogen (secondary N) is 1. The van der Waals surface area contributed by atoms with Crippen molar-refractivity contribution in [3.05, 3.63) is 93.5 Å². The first-order valence-electron chi connectivity index (χ1n) is 11.2. The van der Waals surface area contributed by atoms with E-state index in [2.05, 4.69) is 9.62 Å². The summed E-state index contributed by atoms with van der Waals surface area (Å²) < 4.78 is 25.3. The highest BCUT2D eigenvalue weighted by Crippen LogP contribution is 2.36. The molecule has 0 radical (unpaired) electrons. The summed E-state index contributed by atoms with van der Waals surface area (Å²) in [7, 11) is -3.35. The number of nitrogens with zero attached hydrogens (tertiary/aromatic N) is 2. The molecule has 1 aliphatic heterocycles. The molecule has 0 spiro atoms. The van der Waals surface area contributed by atoms with Gasteiger partial charge in [-0.25, -0.2) is 8.42 Å². The fourth-order valence-corrected chi connectivity index (χ4v) is 5.34. The van der Waals surface area contributed by atoms with E-state index in [1.165, 1.54) is 0 Å². The molecule has 1 saturated heterocycles. The van der Waals surface area contributed by atoms with Crippen molar-refractivity contribution in [3.8, 4) is 0 Å². The lowest BCUT2D eigenvalue weighted by Crippen LogP contribution is -2.51. The fraction of sp³-hybridized carbons (Fsp3) is 0.269. The van der Waals surface area contributed by atoms with Crippen molar-refractivity contribution in [1.29, 1.82) is 0 Å². The van der Waals surface area contributed by atoms with Gasteiger partial charge in [0, 0.05) is 30.3 Å². The average Bonchev–Trinajstić information content (AvgIpc) is 2.80. The molecule has 9 heteroatoms. The van der Waals surface area contributed by atoms with E-state index in [-0.39, 0.29) is 18.4 Å². The lowest BCUT2D eigenvalue weighted by atomic mass is 10.00. The molecule has 1 heterocycles. The summed E-state index contributed by atoms with van der Waals surface area (Å²) in [5.41, 5.74) is 4.38. The number of halogens is 2. The number of hydrogen-bond acceptors (Lipinski definition) is 4. The van der Waals surface area contributed by atoms with E-state index in [9.17, 15) is 13.2 Å². The third-order valence-electron chi connectivity index (χ3n) is 6.01. The summed E-state index contributed by atoms with van der Waals surface area (Å²) in [6.45, 7) is 3.73. The first kappa shape index (κ1) is 25.4. The quantitative estimate of drug-likeness (QED) is 0.468. The van der Waals surface area contributed by atoms with Gasteiger partial charge in [0.1, 0.15) is 0 Å². The number of carbonyl (C=O) groups is 1. The maximum atomic E-state index is 13.2. The zero-order chi connectivity index (χ0) is 25.2. The standard InChI is InChI=1S/C26H27Cl2N3O3S/c1-18-3-12-24(23(28)15-18)31-14-13-30(17-25(31)20-6-8-21(27)9-7-20)26(32)16-19-4-10-22(11-5-19)29-35(2,33)34/h3-12,15,25,29H,13-14,16-17H2,1-2H3. The van der Waals surface area contributed by atoms with Crippen LogP contribution < -0.4 is 9.62 Å². The molecule has 1 aliphatic rings. The van der Waals surface area contributed by atoms with Gasteiger partial charge >= 0.3 is 0 Å². The summed E-state index contributed by atoms with van der Waals surface area (Å²) in [6.07, 6.45) is 1.34. The minimum atomic E-state index is -3.35. The first-order chi connectivity index (χ1) is 16.6. The van der Waals surface area contributed by atoms with Gasteiger partial charge in [-0.15, -0.1) is 0 Å². The maximum Gasteiger partial charge on any atom is 0.229 e. The second kappa shape index (κ2) is 10.5. The molecule has 3 aromatic carbocycles. The largest absolute Gasteiger partial charge is 0.360 e. The minimum Gasteiger partial charge on any atom is -0.360 e. The molecule has 0 aromatic heterocycles. The first-order valence-corrected chi connectivity index (χ1v) is 13.9. The summed E-state index contributed by atoms with van der Waals surface area (Å²) >= 11 is 12.7. The predicted molar refractivity (Wildman–Crippen MR) is 143 cm³/mol. The van der Waals surface area contributed by atoms with Crippen LogP contribution in [0.1, 0.15) is 22.7 Å². The van der Waals surface area contributed by atoms with Gasteiger partial charge in [0.2, 0.25) is 15.9 Å². The number of rotatable bonds is 6. The van der Waals surface area contributed by atoms with Crippen molar-refractivity contribution in [2.75, 3.05) is 35.5 Å². The number of amides is 1. The number of carbonyl (C=O) groups excluding carboxylic acids is 1. The van der Waals surface area contributed by atoms with E-state index >= 15 is 0 Å². The third-order valence-corrected chi connectivity index (χ3v) is 7.17. The number of aryl methyl sites for hydroxylation is 1. The lowest BCUT2D eigenvalue weighted by Gasteiger charge is -2.43. The van der Waals surface area contributed by atoms with Crippen molar-refractivity contribution in [2.45, 2.75) is 19.4 Å². The third kappa shape index (κ3) is 6.48. The lowest BCUT2D eigenvalue weighted by molar-refractivity contribution is -0.131. The SMILES string of the molecule is Cc1ccc(N2CCN(C(=O)Cc3ccc(NS(C)(=O)=O)cc3)CC2c2ccc(Cl)cc2)c(Cl)c1. The number of benzene rings is 3. The molecule has 1 fully saturated rings. The van der Waals surface area contributed by atoms with E-state index in [1.807, 2.05) is 54.3 Å². The highest BCUT2D eigenvalue weighted by molar-refractivity contribution is 7.92. The van der Waals surface area contributed by atoms with Crippen LogP contribution in [0.25, 0.3) is 0 Å². The molecular weight excluding hydrogens is 505 g/mol. The Morgan fingerprint density at radius 3 is 2.31 bits per heavy atom. The molecule has 3 aromatic rings. The average molecular weight is 532 g/mol. The van der Waals surface area contributed by atoms with Gasteiger partial charge in [-0.05, 0) is 60.0 Å². The van der Waals surface area contributed by atoms with Crippen molar-refractivity contribution >= 4 is 50.5 Å². The molecule has 4 rings (SSSR count). The Kier molecular flexibility index (Phi) is 7.59. The second-order valence-corrected chi connectivity index (χ2v) is 11.4. The fourth-order valence-electron chi connectivity index (χ4n) is 4.30. The van der Waals surface area contributed by atoms with Crippen LogP contribution in [0.3, 0.4) is 0 Å². The van der Waals surface area contributed by atoms with Crippen LogP contribution in [0.5, 0.6) is 0 Å². The molecule has 0 saturated carbocycles. The molecule has 0 bridgehead atoms. The highest BCUT2D eigenvalue weighted by atomic mass is 35.5. The van der Waals surface area contributed by atoms with E-state index < -0.39 is 10.0 Å². The monoisotopic (exact) mass is 531 g/mol. The Morgan fingerprint density at radius 1 is 1.00 bits per heavy atom. The van der Waals surface area contributed by atoms with E-state index in [0.717, 1.165) is 28.6 Å². The van der Waals surface area contributed by atoms with Crippen LogP contribution in [0, 0.1) is 6.92 Å². The van der Waals surface area contributed by atoms with Gasteiger partial charge in [-0.3, -0.25) is 9.52 Å². The number of anilines is 2. The zero-order valence-electron chi connectivity index (χ0n) is 19.5. The van der Waals surface area contributed by atoms with E-state index in [4.69, 9.17) is 23.2 Å². The summed E-state index contributed by atoms with van der Waals surface area (Å²) in [5, 5.41) is 1.35. The number of hydrogen-bond donors (Lipinski definition) is 1. The van der Waals surface area contributed by atoms with Gasteiger partial charge in [-0.2, -0.15) is 0 Å². The normalized spacial score (nSPS) is 16.3. The number of sulfonamides is 1. The van der Waals surface area contributed by atoms with Crippen molar-refractivity contribution in [3.63, 3.8) is 0 Å². The zero-order valence-corrected chi connectivity index (χ0v) is 21.9. The van der Waals surface area contributed by atoms with Gasteiger partial charge in [0.25, 0.3) is 0 Å². The Bertz CT molecular complexity index is 1310. The Labute approximate surface area is 216 Å². The van der Waals surface area contributed by atoms with Gasteiger partial charge in [-0.1, -0.05) is 53.5 Å². The van der Waals surface area contributed by atoms with Crippen LogP contribution in [-0.4, -0.2) is 45.1 Å². The molecule has 1 unspecified atom stereocenters. The van der Waals surface area contributed by atoms with Crippen molar-refractivity contribution in [1.82, 2.24) is 4.90 Å². The molecule has 1 atom stereocenters. The molecule has 1 N–H and O–H groups in total. The smallest absolute Gasteiger partial charge is 0.229 e. The van der Waals surface area contributed by atoms with Crippen LogP contribution in [-0.2, 0) is 21.2 Å². The van der Waals surface area contributed by atoms with Gasteiger partial charge in [0.05, 0.1) is 29.4 Å². The second-order valence-electron chi connectivity index (χ2n) is 8.80. The van der Waals surface area contributed by atoms with Crippen molar-refractivity contribution < 1.29 is 13.2 Å². The van der Waals surface area contributed by atoms with Crippen LogP contribution in [0.2, 0.25) is 10.0 Å². The Hall–Kier alpha value is -2.74. The Balaban J connectivity index is 1.53. The molecule has 184 valence electrons. The summed E-state index contributed by atoms with van der Waals surface area (Å²) in [4.78, 5) is 17.3. The maximum absolute atomic E-state index is 13.2. The van der Waals surface area contributed by atoms with E-state index in [1.54, 1.807) is 24.3 Å². The molecular formula is C26H27Cl2N3O3S. The van der Waals surface area contributed by atoms with Crippen LogP contribution >= 0.6 is 23.2 Å².